The van der Waals surface area contributed by atoms with Crippen molar-refractivity contribution in [3.8, 4) is 0 Å². The first-order valence-electron chi connectivity index (χ1n) is 9.84. The minimum Gasteiger partial charge on any atom is -0.325 e. The maximum Gasteiger partial charge on any atom is 0.241 e. The molecule has 156 valence electrons. The Balaban J connectivity index is 1.84. The van der Waals surface area contributed by atoms with Gasteiger partial charge in [-0.2, -0.15) is 0 Å². The molecule has 1 aliphatic rings. The fraction of sp³-hybridized carbons (Fsp3) is 0.409. The van der Waals surface area contributed by atoms with E-state index in [1.165, 1.54) is 29.0 Å². The number of rotatable bonds is 7. The Morgan fingerprint density at radius 1 is 1.03 bits per heavy atom. The fourth-order valence-electron chi connectivity index (χ4n) is 3.46. The van der Waals surface area contributed by atoms with Gasteiger partial charge in [0.1, 0.15) is 0 Å². The first kappa shape index (κ1) is 21.9. The predicted molar refractivity (Wildman–Crippen MR) is 119 cm³/mol. The summed E-state index contributed by atoms with van der Waals surface area (Å²) in [7, 11) is -3.74. The van der Waals surface area contributed by atoms with Crippen molar-refractivity contribution >= 4 is 33.4 Å². The maximum absolute atomic E-state index is 13.0. The minimum absolute atomic E-state index is 0.141. The molecule has 0 saturated carbocycles. The molecule has 29 heavy (non-hydrogen) atoms. The standard InChI is InChI=1S/C22H28N2O3S2/c1-14(2)22(25)23-20-13-19(10-11-21(20)28-4)29(26,27)24-15(3)17-9-8-16-6-5-7-18(16)12-17/h8-15,24H,5-7H2,1-4H3,(H,23,25)/t15-/m0/s1. The largest absolute Gasteiger partial charge is 0.325 e. The van der Waals surface area contributed by atoms with Crippen LogP contribution in [0.2, 0.25) is 0 Å². The van der Waals surface area contributed by atoms with Crippen molar-refractivity contribution in [1.82, 2.24) is 4.72 Å². The van der Waals surface area contributed by atoms with E-state index in [0.29, 0.717) is 5.69 Å². The molecule has 1 amide bonds. The van der Waals surface area contributed by atoms with Gasteiger partial charge in [0.2, 0.25) is 15.9 Å². The van der Waals surface area contributed by atoms with Crippen molar-refractivity contribution < 1.29 is 13.2 Å². The Labute approximate surface area is 177 Å². The van der Waals surface area contributed by atoms with Crippen LogP contribution in [-0.2, 0) is 27.7 Å². The number of thioether (sulfide) groups is 1. The molecule has 0 saturated heterocycles. The molecular formula is C22H28N2O3S2. The van der Waals surface area contributed by atoms with Gasteiger partial charge in [0, 0.05) is 16.9 Å². The van der Waals surface area contributed by atoms with Crippen molar-refractivity contribution in [3.05, 3.63) is 53.1 Å². The third kappa shape index (κ3) is 5.02. The van der Waals surface area contributed by atoms with Gasteiger partial charge in [-0.1, -0.05) is 32.0 Å². The normalized spacial score (nSPS) is 14.7. The van der Waals surface area contributed by atoms with E-state index in [-0.39, 0.29) is 22.8 Å². The van der Waals surface area contributed by atoms with Crippen LogP contribution in [0.4, 0.5) is 5.69 Å². The summed E-state index contributed by atoms with van der Waals surface area (Å²) in [6, 6.07) is 10.7. The third-order valence-electron chi connectivity index (χ3n) is 5.22. The number of aryl methyl sites for hydroxylation is 2. The van der Waals surface area contributed by atoms with E-state index in [9.17, 15) is 13.2 Å². The van der Waals surface area contributed by atoms with Gasteiger partial charge >= 0.3 is 0 Å². The molecule has 0 spiro atoms. The van der Waals surface area contributed by atoms with Crippen LogP contribution in [0.5, 0.6) is 0 Å². The molecular weight excluding hydrogens is 404 g/mol. The number of hydrogen-bond donors (Lipinski definition) is 2. The van der Waals surface area contributed by atoms with Crippen molar-refractivity contribution in [2.45, 2.75) is 55.9 Å². The minimum atomic E-state index is -3.74. The Bertz CT molecular complexity index is 1020. The molecule has 5 nitrogen and oxygen atoms in total. The lowest BCUT2D eigenvalue weighted by molar-refractivity contribution is -0.118. The fourth-order valence-corrected chi connectivity index (χ4v) is 5.25. The summed E-state index contributed by atoms with van der Waals surface area (Å²) < 4.78 is 28.8. The average Bonchev–Trinajstić information content (AvgIpc) is 3.15. The van der Waals surface area contributed by atoms with Crippen LogP contribution >= 0.6 is 11.8 Å². The van der Waals surface area contributed by atoms with Crippen LogP contribution in [-0.4, -0.2) is 20.6 Å². The van der Waals surface area contributed by atoms with Crippen molar-refractivity contribution in [2.24, 2.45) is 5.92 Å². The summed E-state index contributed by atoms with van der Waals surface area (Å²) in [5.41, 5.74) is 4.16. The second kappa shape index (κ2) is 8.90. The molecule has 3 rings (SSSR count). The van der Waals surface area contributed by atoms with Crippen molar-refractivity contribution in [2.75, 3.05) is 11.6 Å². The Morgan fingerprint density at radius 3 is 2.45 bits per heavy atom. The summed E-state index contributed by atoms with van der Waals surface area (Å²) in [6.45, 7) is 5.45. The lowest BCUT2D eigenvalue weighted by Crippen LogP contribution is -2.27. The van der Waals surface area contributed by atoms with Crippen molar-refractivity contribution in [3.63, 3.8) is 0 Å². The molecule has 7 heteroatoms. The highest BCUT2D eigenvalue weighted by atomic mass is 32.2. The predicted octanol–water partition coefficient (Wildman–Crippen LogP) is 4.53. The quantitative estimate of drug-likeness (QED) is 0.630. The zero-order valence-corrected chi connectivity index (χ0v) is 18.9. The molecule has 0 aliphatic heterocycles. The van der Waals surface area contributed by atoms with Crippen LogP contribution in [0.25, 0.3) is 0 Å². The molecule has 1 aliphatic carbocycles. The first-order valence-corrected chi connectivity index (χ1v) is 12.5. The van der Waals surface area contributed by atoms with E-state index in [1.807, 2.05) is 19.2 Å². The highest BCUT2D eigenvalue weighted by molar-refractivity contribution is 7.98. The van der Waals surface area contributed by atoms with Crippen LogP contribution < -0.4 is 10.0 Å². The maximum atomic E-state index is 13.0. The number of anilines is 1. The summed E-state index contributed by atoms with van der Waals surface area (Å²) in [4.78, 5) is 13.1. The van der Waals surface area contributed by atoms with Crippen LogP contribution in [0.3, 0.4) is 0 Å². The van der Waals surface area contributed by atoms with Gasteiger partial charge in [0.05, 0.1) is 10.6 Å². The summed E-state index contributed by atoms with van der Waals surface area (Å²) in [5.74, 6) is -0.336. The smallest absolute Gasteiger partial charge is 0.241 e. The molecule has 0 bridgehead atoms. The van der Waals surface area contributed by atoms with E-state index in [1.54, 1.807) is 26.0 Å². The van der Waals surface area contributed by atoms with Crippen molar-refractivity contribution in [1.29, 1.82) is 0 Å². The van der Waals surface area contributed by atoms with Gasteiger partial charge in [-0.05, 0) is 67.3 Å². The first-order chi connectivity index (χ1) is 13.7. The SMILES string of the molecule is CSc1ccc(S(=O)(=O)N[C@@H](C)c2ccc3c(c2)CCC3)cc1NC(=O)C(C)C. The molecule has 0 fully saturated rings. The number of sulfonamides is 1. The lowest BCUT2D eigenvalue weighted by atomic mass is 10.0. The Kier molecular flexibility index (Phi) is 6.71. The molecule has 2 aromatic carbocycles. The number of carbonyl (C=O) groups excluding carboxylic acids is 1. The van der Waals surface area contributed by atoms with Gasteiger partial charge in [0.25, 0.3) is 0 Å². The second-order valence-corrected chi connectivity index (χ2v) is 10.3. The number of benzene rings is 2. The number of nitrogens with one attached hydrogen (secondary N) is 2. The molecule has 1 atom stereocenters. The molecule has 0 radical (unpaired) electrons. The zero-order chi connectivity index (χ0) is 21.2. The number of fused-ring (bicyclic) bond motifs is 1. The van der Waals surface area contributed by atoms with E-state index >= 15 is 0 Å². The summed E-state index contributed by atoms with van der Waals surface area (Å²) in [6.07, 6.45) is 5.20. The van der Waals surface area contributed by atoms with Gasteiger partial charge in [-0.25, -0.2) is 13.1 Å². The van der Waals surface area contributed by atoms with E-state index < -0.39 is 10.0 Å². The van der Waals surface area contributed by atoms with E-state index in [2.05, 4.69) is 22.2 Å². The number of hydrogen-bond acceptors (Lipinski definition) is 4. The lowest BCUT2D eigenvalue weighted by Gasteiger charge is -2.17. The summed E-state index contributed by atoms with van der Waals surface area (Å²) in [5, 5.41) is 2.83. The topological polar surface area (TPSA) is 75.3 Å². The average molecular weight is 433 g/mol. The Hall–Kier alpha value is -1.83. The third-order valence-corrected chi connectivity index (χ3v) is 7.55. The van der Waals surface area contributed by atoms with E-state index in [0.717, 1.165) is 29.7 Å². The van der Waals surface area contributed by atoms with Gasteiger partial charge in [-0.15, -0.1) is 11.8 Å². The van der Waals surface area contributed by atoms with Gasteiger partial charge < -0.3 is 5.32 Å². The highest BCUT2D eigenvalue weighted by Gasteiger charge is 2.22. The summed E-state index contributed by atoms with van der Waals surface area (Å²) >= 11 is 1.46. The van der Waals surface area contributed by atoms with E-state index in [4.69, 9.17) is 0 Å². The zero-order valence-electron chi connectivity index (χ0n) is 17.3. The van der Waals surface area contributed by atoms with Crippen LogP contribution in [0, 0.1) is 5.92 Å². The molecule has 2 aromatic rings. The molecule has 0 unspecified atom stereocenters. The molecule has 0 heterocycles. The highest BCUT2D eigenvalue weighted by Crippen LogP contribution is 2.30. The monoisotopic (exact) mass is 432 g/mol. The van der Waals surface area contributed by atoms with Crippen LogP contribution in [0.1, 0.15) is 49.9 Å². The second-order valence-electron chi connectivity index (χ2n) is 7.73. The van der Waals surface area contributed by atoms with Gasteiger partial charge in [0.15, 0.2) is 0 Å². The van der Waals surface area contributed by atoms with Gasteiger partial charge in [-0.3, -0.25) is 4.79 Å². The molecule has 0 aromatic heterocycles. The number of amides is 1. The Morgan fingerprint density at radius 2 is 1.76 bits per heavy atom. The molecule has 2 N–H and O–H groups in total. The van der Waals surface area contributed by atoms with Crippen LogP contribution in [0.15, 0.2) is 46.2 Å². The number of carbonyl (C=O) groups is 1.